The molecule has 2 heterocycles. The van der Waals surface area contributed by atoms with Gasteiger partial charge in [0.2, 0.25) is 24.5 Å². The lowest BCUT2D eigenvalue weighted by Crippen LogP contribution is -2.49. The Balaban J connectivity index is 1.64. The van der Waals surface area contributed by atoms with Gasteiger partial charge in [0.25, 0.3) is 0 Å². The predicted octanol–water partition coefficient (Wildman–Crippen LogP) is 4.77. The molecule has 10 nitrogen and oxygen atoms in total. The first-order valence-corrected chi connectivity index (χ1v) is 12.9. The van der Waals surface area contributed by atoms with Gasteiger partial charge in [0.15, 0.2) is 17.3 Å². The number of rotatable bonds is 9. The molecule has 11 heteroatoms. The van der Waals surface area contributed by atoms with Crippen LogP contribution < -0.4 is 20.1 Å². The van der Waals surface area contributed by atoms with Crippen LogP contribution in [0, 0.1) is 6.92 Å². The molecule has 39 heavy (non-hydrogen) atoms. The highest BCUT2D eigenvalue weighted by Crippen LogP contribution is 2.35. The van der Waals surface area contributed by atoms with E-state index in [1.165, 1.54) is 4.90 Å². The molecule has 0 saturated carbocycles. The monoisotopic (exact) mass is 554 g/mol. The number of nitrogens with one attached hydrogen (secondary N) is 2. The van der Waals surface area contributed by atoms with Gasteiger partial charge in [-0.1, -0.05) is 41.0 Å². The van der Waals surface area contributed by atoms with Crippen molar-refractivity contribution in [1.82, 2.24) is 15.4 Å². The third kappa shape index (κ3) is 7.29. The highest BCUT2D eigenvalue weighted by Gasteiger charge is 2.35. The van der Waals surface area contributed by atoms with Crippen LogP contribution in [0.5, 0.6) is 11.5 Å². The van der Waals surface area contributed by atoms with Gasteiger partial charge in [-0.2, -0.15) is 0 Å². The lowest BCUT2D eigenvalue weighted by Gasteiger charge is -2.34. The topological polar surface area (TPSA) is 123 Å². The summed E-state index contributed by atoms with van der Waals surface area (Å²) < 4.78 is 15.9. The number of aromatic nitrogens is 1. The van der Waals surface area contributed by atoms with E-state index < -0.39 is 29.3 Å². The van der Waals surface area contributed by atoms with E-state index in [1.807, 2.05) is 20.8 Å². The first-order valence-electron chi connectivity index (χ1n) is 12.5. The van der Waals surface area contributed by atoms with Gasteiger partial charge in [-0.25, -0.2) is 0 Å². The summed E-state index contributed by atoms with van der Waals surface area (Å²) in [6.45, 7) is 7.44. The lowest BCUT2D eigenvalue weighted by molar-refractivity contribution is -0.142. The number of anilines is 1. The van der Waals surface area contributed by atoms with Gasteiger partial charge < -0.3 is 29.5 Å². The number of carbonyl (C=O) groups excluding carboxylic acids is 3. The van der Waals surface area contributed by atoms with E-state index in [-0.39, 0.29) is 32.0 Å². The molecule has 1 aromatic heterocycles. The minimum atomic E-state index is -1.06. The Labute approximate surface area is 231 Å². The second-order valence-electron chi connectivity index (χ2n) is 10.2. The zero-order chi connectivity index (χ0) is 28.2. The number of carbonyl (C=O) groups is 3. The minimum Gasteiger partial charge on any atom is -0.454 e. The van der Waals surface area contributed by atoms with Crippen molar-refractivity contribution < 1.29 is 28.4 Å². The van der Waals surface area contributed by atoms with Gasteiger partial charge in [-0.05, 0) is 51.5 Å². The van der Waals surface area contributed by atoms with E-state index in [0.29, 0.717) is 27.8 Å². The Bertz CT molecular complexity index is 1370. The highest BCUT2D eigenvalue weighted by atomic mass is 35.5. The average molecular weight is 555 g/mol. The summed E-state index contributed by atoms with van der Waals surface area (Å²) in [5.74, 6) is 0.748. The highest BCUT2D eigenvalue weighted by molar-refractivity contribution is 6.31. The third-order valence-corrected chi connectivity index (χ3v) is 6.17. The number of benzene rings is 2. The minimum absolute atomic E-state index is 0.0625. The van der Waals surface area contributed by atoms with E-state index in [4.69, 9.17) is 25.6 Å². The molecule has 1 aliphatic heterocycles. The van der Waals surface area contributed by atoms with Gasteiger partial charge in [0.05, 0.1) is 0 Å². The van der Waals surface area contributed by atoms with Crippen molar-refractivity contribution in [2.45, 2.75) is 58.7 Å². The largest absolute Gasteiger partial charge is 0.454 e. The van der Waals surface area contributed by atoms with Crippen molar-refractivity contribution in [3.8, 4) is 11.5 Å². The second-order valence-corrected chi connectivity index (χ2v) is 10.7. The Morgan fingerprint density at radius 1 is 1.05 bits per heavy atom. The quantitative estimate of drug-likeness (QED) is 0.390. The second kappa shape index (κ2) is 11.8. The van der Waals surface area contributed by atoms with Crippen LogP contribution in [0.3, 0.4) is 0 Å². The fourth-order valence-electron chi connectivity index (χ4n) is 4.14. The van der Waals surface area contributed by atoms with Gasteiger partial charge in [-0.3, -0.25) is 14.4 Å². The summed E-state index contributed by atoms with van der Waals surface area (Å²) in [6, 6.07) is 12.8. The molecule has 1 aliphatic rings. The molecule has 0 spiro atoms. The summed E-state index contributed by atoms with van der Waals surface area (Å²) in [6.07, 6.45) is -0.282. The molecule has 3 aromatic rings. The van der Waals surface area contributed by atoms with E-state index in [0.717, 1.165) is 5.56 Å². The summed E-state index contributed by atoms with van der Waals surface area (Å²) >= 11 is 6.55. The van der Waals surface area contributed by atoms with Crippen molar-refractivity contribution in [2.24, 2.45) is 0 Å². The number of halogens is 1. The zero-order valence-corrected chi connectivity index (χ0v) is 23.0. The number of fused-ring (bicyclic) bond motifs is 1. The standard InChI is InChI=1S/C28H31ClN4O6/c1-17-13-23(32-39-17)30-24(34)11-12-25(35)33(15-18-9-10-21-22(14-18)38-16-37-21)26(27(36)31-28(2,3)4)19-7-5-6-8-20(19)29/h5-10,13-14,26H,11-12,15-16H2,1-4H3,(H,31,36)(H,30,32,34). The molecular formula is C28H31ClN4O6. The van der Waals surface area contributed by atoms with Crippen LogP contribution in [0.4, 0.5) is 5.82 Å². The number of hydrogen-bond acceptors (Lipinski definition) is 7. The van der Waals surface area contributed by atoms with Gasteiger partial charge in [-0.15, -0.1) is 0 Å². The van der Waals surface area contributed by atoms with Crippen LogP contribution in [-0.2, 0) is 20.9 Å². The van der Waals surface area contributed by atoms with Crippen molar-refractivity contribution in [3.05, 3.63) is 70.4 Å². The van der Waals surface area contributed by atoms with Crippen LogP contribution in [0.2, 0.25) is 5.02 Å². The molecule has 2 N–H and O–H groups in total. The van der Waals surface area contributed by atoms with Gasteiger partial charge in [0.1, 0.15) is 11.8 Å². The number of ether oxygens (including phenoxy) is 2. The number of aryl methyl sites for hydroxylation is 1. The molecule has 0 saturated heterocycles. The predicted molar refractivity (Wildman–Crippen MR) is 144 cm³/mol. The normalized spacial score (nSPS) is 13.1. The molecular weight excluding hydrogens is 524 g/mol. The smallest absolute Gasteiger partial charge is 0.247 e. The first-order chi connectivity index (χ1) is 18.5. The molecule has 4 rings (SSSR count). The molecule has 0 radical (unpaired) electrons. The molecule has 206 valence electrons. The van der Waals surface area contributed by atoms with E-state index in [1.54, 1.807) is 55.5 Å². The van der Waals surface area contributed by atoms with Crippen LogP contribution >= 0.6 is 11.6 Å². The fraction of sp³-hybridized carbons (Fsp3) is 0.357. The van der Waals surface area contributed by atoms with Crippen LogP contribution in [0.1, 0.15) is 56.5 Å². The van der Waals surface area contributed by atoms with Crippen molar-refractivity contribution >= 4 is 35.1 Å². The molecule has 0 aliphatic carbocycles. The Kier molecular flexibility index (Phi) is 8.44. The van der Waals surface area contributed by atoms with Gasteiger partial charge >= 0.3 is 0 Å². The van der Waals surface area contributed by atoms with Crippen molar-refractivity contribution in [2.75, 3.05) is 12.1 Å². The summed E-state index contributed by atoms with van der Waals surface area (Å²) in [5.41, 5.74) is 0.618. The third-order valence-electron chi connectivity index (χ3n) is 5.83. The fourth-order valence-corrected chi connectivity index (χ4v) is 4.38. The van der Waals surface area contributed by atoms with E-state index >= 15 is 0 Å². The maximum atomic E-state index is 13.8. The molecule has 2 aromatic carbocycles. The number of hydrogen-bond donors (Lipinski definition) is 2. The average Bonchev–Trinajstić information content (AvgIpc) is 3.50. The molecule has 3 amide bonds. The Morgan fingerprint density at radius 3 is 2.49 bits per heavy atom. The molecule has 0 fully saturated rings. The molecule has 1 atom stereocenters. The SMILES string of the molecule is Cc1cc(NC(=O)CCC(=O)N(Cc2ccc3c(c2)OCO3)C(C(=O)NC(C)(C)C)c2ccccc2Cl)no1. The number of nitrogens with zero attached hydrogens (tertiary/aromatic N) is 2. The lowest BCUT2D eigenvalue weighted by atomic mass is 10.00. The summed E-state index contributed by atoms with van der Waals surface area (Å²) in [5, 5.41) is 9.67. The van der Waals surface area contributed by atoms with Crippen molar-refractivity contribution in [1.29, 1.82) is 0 Å². The maximum Gasteiger partial charge on any atom is 0.247 e. The summed E-state index contributed by atoms with van der Waals surface area (Å²) in [7, 11) is 0. The number of amides is 3. The van der Waals surface area contributed by atoms with Crippen LogP contribution in [0.25, 0.3) is 0 Å². The van der Waals surface area contributed by atoms with E-state index in [9.17, 15) is 14.4 Å². The van der Waals surface area contributed by atoms with Crippen molar-refractivity contribution in [3.63, 3.8) is 0 Å². The van der Waals surface area contributed by atoms with Gasteiger partial charge in [0, 0.05) is 41.6 Å². The molecule has 0 bridgehead atoms. The molecule has 1 unspecified atom stereocenters. The first kappa shape index (κ1) is 28.0. The Morgan fingerprint density at radius 2 is 1.79 bits per heavy atom. The van der Waals surface area contributed by atoms with E-state index in [2.05, 4.69) is 15.8 Å². The zero-order valence-electron chi connectivity index (χ0n) is 22.2. The van der Waals surface area contributed by atoms with Crippen LogP contribution in [-0.4, -0.2) is 40.1 Å². The summed E-state index contributed by atoms with van der Waals surface area (Å²) in [4.78, 5) is 41.5. The van der Waals surface area contributed by atoms with Crippen LogP contribution in [0.15, 0.2) is 53.1 Å². The maximum absolute atomic E-state index is 13.8. The Hall–Kier alpha value is -4.05.